The highest BCUT2D eigenvalue weighted by atomic mass is 16.5. The highest BCUT2D eigenvalue weighted by Crippen LogP contribution is 2.44. The number of carbonyl (C=O) groups is 3. The summed E-state index contributed by atoms with van der Waals surface area (Å²) in [5.41, 5.74) is 3.51. The molecule has 0 atom stereocenters. The summed E-state index contributed by atoms with van der Waals surface area (Å²) in [7, 11) is 0. The Bertz CT molecular complexity index is 1240. The van der Waals surface area contributed by atoms with E-state index in [9.17, 15) is 19.5 Å². The molecule has 4 rings (SSSR count). The zero-order chi connectivity index (χ0) is 25.2. The van der Waals surface area contributed by atoms with Gasteiger partial charge in [0.15, 0.2) is 0 Å². The number of nitrogens with zero attached hydrogens (tertiary/aromatic N) is 1. The van der Waals surface area contributed by atoms with E-state index >= 15 is 0 Å². The number of hydrogen-bond acceptors (Lipinski definition) is 4. The van der Waals surface area contributed by atoms with Gasteiger partial charge in [0, 0.05) is 12.5 Å². The lowest BCUT2D eigenvalue weighted by Gasteiger charge is -2.34. The molecule has 0 aromatic heterocycles. The van der Waals surface area contributed by atoms with E-state index in [4.69, 9.17) is 4.74 Å². The first-order valence-electron chi connectivity index (χ1n) is 11.5. The van der Waals surface area contributed by atoms with Crippen molar-refractivity contribution in [2.75, 3.05) is 18.5 Å². The maximum atomic E-state index is 13.2. The van der Waals surface area contributed by atoms with E-state index in [1.165, 1.54) is 18.7 Å². The maximum absolute atomic E-state index is 13.2. The summed E-state index contributed by atoms with van der Waals surface area (Å²) in [6.07, 6.45) is -0.687. The van der Waals surface area contributed by atoms with E-state index in [-0.39, 0.29) is 30.3 Å². The fraction of sp³-hybridized carbons (Fsp3) is 0.250. The van der Waals surface area contributed by atoms with Gasteiger partial charge in [-0.1, -0.05) is 60.7 Å². The summed E-state index contributed by atoms with van der Waals surface area (Å²) >= 11 is 0. The highest BCUT2D eigenvalue weighted by Gasteiger charge is 2.38. The Hall–Kier alpha value is -4.13. The SMILES string of the molecule is CCN(C(=O)c1ccccc1NC(=O)OCC1c2ccccc2-c2ccccc21)C(C)(C)C(=O)O. The summed E-state index contributed by atoms with van der Waals surface area (Å²) in [4.78, 5) is 39.0. The molecule has 0 fully saturated rings. The Morgan fingerprint density at radius 1 is 0.914 bits per heavy atom. The van der Waals surface area contributed by atoms with E-state index in [0.717, 1.165) is 22.3 Å². The van der Waals surface area contributed by atoms with Crippen molar-refractivity contribution in [2.24, 2.45) is 0 Å². The van der Waals surface area contributed by atoms with Crippen LogP contribution in [0, 0.1) is 0 Å². The van der Waals surface area contributed by atoms with Crippen LogP contribution in [0.2, 0.25) is 0 Å². The topological polar surface area (TPSA) is 95.9 Å². The third-order valence-electron chi connectivity index (χ3n) is 6.50. The lowest BCUT2D eigenvalue weighted by Crippen LogP contribution is -2.53. The monoisotopic (exact) mass is 472 g/mol. The number of nitrogens with one attached hydrogen (secondary N) is 1. The molecular formula is C28H28N2O5. The molecule has 3 aromatic carbocycles. The number of amides is 2. The molecule has 2 amide bonds. The van der Waals surface area contributed by atoms with E-state index in [2.05, 4.69) is 17.4 Å². The summed E-state index contributed by atoms with van der Waals surface area (Å²) in [5, 5.41) is 12.2. The number of fused-ring (bicyclic) bond motifs is 3. The van der Waals surface area contributed by atoms with Crippen LogP contribution >= 0.6 is 0 Å². The van der Waals surface area contributed by atoms with Gasteiger partial charge in [-0.15, -0.1) is 0 Å². The third kappa shape index (κ3) is 4.49. The van der Waals surface area contributed by atoms with Gasteiger partial charge in [-0.3, -0.25) is 10.1 Å². The van der Waals surface area contributed by atoms with Gasteiger partial charge >= 0.3 is 12.1 Å². The standard InChI is InChI=1S/C28H28N2O5/c1-4-30(28(2,3)26(32)33)25(31)22-15-9-10-16-24(22)29-27(34)35-17-23-20-13-7-5-11-18(20)19-12-6-8-14-21(19)23/h5-16,23H,4,17H2,1-3H3,(H,29,34)(H,32,33). The van der Waals surface area contributed by atoms with Crippen LogP contribution in [0.25, 0.3) is 11.1 Å². The molecule has 35 heavy (non-hydrogen) atoms. The second kappa shape index (κ2) is 9.62. The van der Waals surface area contributed by atoms with Crippen molar-refractivity contribution in [1.29, 1.82) is 0 Å². The van der Waals surface area contributed by atoms with E-state index < -0.39 is 23.5 Å². The number of benzene rings is 3. The molecule has 7 heteroatoms. The van der Waals surface area contributed by atoms with Gasteiger partial charge in [0.1, 0.15) is 12.1 Å². The number of carbonyl (C=O) groups excluding carboxylic acids is 2. The van der Waals surface area contributed by atoms with Crippen molar-refractivity contribution < 1.29 is 24.2 Å². The largest absolute Gasteiger partial charge is 0.480 e. The molecule has 180 valence electrons. The van der Waals surface area contributed by atoms with Gasteiger partial charge < -0.3 is 14.7 Å². The second-order valence-electron chi connectivity index (χ2n) is 8.91. The lowest BCUT2D eigenvalue weighted by atomic mass is 9.98. The molecule has 0 saturated carbocycles. The molecule has 0 aliphatic heterocycles. The normalized spacial score (nSPS) is 12.4. The summed E-state index contributed by atoms with van der Waals surface area (Å²) in [5.74, 6) is -1.69. The fourth-order valence-corrected chi connectivity index (χ4v) is 4.58. The average Bonchev–Trinajstić information content (AvgIpc) is 3.17. The number of anilines is 1. The van der Waals surface area contributed by atoms with Gasteiger partial charge in [0.2, 0.25) is 0 Å². The molecule has 0 unspecified atom stereocenters. The average molecular weight is 473 g/mol. The zero-order valence-electron chi connectivity index (χ0n) is 19.9. The lowest BCUT2D eigenvalue weighted by molar-refractivity contribution is -0.147. The van der Waals surface area contributed by atoms with Crippen molar-refractivity contribution in [3.05, 3.63) is 89.5 Å². The predicted octanol–water partition coefficient (Wildman–Crippen LogP) is 5.37. The molecule has 7 nitrogen and oxygen atoms in total. The number of aliphatic carboxylic acids is 1. The number of hydrogen-bond donors (Lipinski definition) is 2. The summed E-state index contributed by atoms with van der Waals surface area (Å²) < 4.78 is 5.60. The number of ether oxygens (including phenoxy) is 1. The Morgan fingerprint density at radius 3 is 2.03 bits per heavy atom. The second-order valence-corrected chi connectivity index (χ2v) is 8.91. The minimum atomic E-state index is -1.41. The molecule has 0 spiro atoms. The summed E-state index contributed by atoms with van der Waals surface area (Å²) in [6.45, 7) is 4.99. The van der Waals surface area contributed by atoms with Gasteiger partial charge in [-0.25, -0.2) is 9.59 Å². The zero-order valence-corrected chi connectivity index (χ0v) is 19.9. The highest BCUT2D eigenvalue weighted by molar-refractivity contribution is 6.04. The number of carboxylic acid groups (broad SMARTS) is 1. The molecular weight excluding hydrogens is 444 g/mol. The molecule has 2 N–H and O–H groups in total. The molecule has 1 aliphatic carbocycles. The van der Waals surface area contributed by atoms with Crippen molar-refractivity contribution >= 4 is 23.7 Å². The van der Waals surface area contributed by atoms with Crippen LogP contribution < -0.4 is 5.32 Å². The van der Waals surface area contributed by atoms with Gasteiger partial charge in [-0.2, -0.15) is 0 Å². The molecule has 0 heterocycles. The van der Waals surface area contributed by atoms with E-state index in [1.54, 1.807) is 31.2 Å². The van der Waals surface area contributed by atoms with Crippen LogP contribution in [0.3, 0.4) is 0 Å². The van der Waals surface area contributed by atoms with Crippen molar-refractivity contribution in [1.82, 2.24) is 4.90 Å². The molecule has 0 saturated heterocycles. The molecule has 3 aromatic rings. The molecule has 0 bridgehead atoms. The summed E-state index contributed by atoms with van der Waals surface area (Å²) in [6, 6.07) is 22.6. The number of para-hydroxylation sites is 1. The quantitative estimate of drug-likeness (QED) is 0.482. The Balaban J connectivity index is 1.51. The molecule has 1 aliphatic rings. The van der Waals surface area contributed by atoms with Crippen LogP contribution in [0.4, 0.5) is 10.5 Å². The number of carboxylic acids is 1. The molecule has 0 radical (unpaired) electrons. The first-order chi connectivity index (χ1) is 16.8. The number of rotatable bonds is 7. The van der Waals surface area contributed by atoms with Gasteiger partial charge in [0.05, 0.1) is 11.3 Å². The van der Waals surface area contributed by atoms with Crippen molar-refractivity contribution in [3.8, 4) is 11.1 Å². The van der Waals surface area contributed by atoms with Crippen LogP contribution in [-0.2, 0) is 9.53 Å². The Morgan fingerprint density at radius 2 is 1.46 bits per heavy atom. The number of likely N-dealkylation sites (N-methyl/N-ethyl adjacent to an activating group) is 1. The van der Waals surface area contributed by atoms with E-state index in [1.807, 2.05) is 36.4 Å². The van der Waals surface area contributed by atoms with Crippen molar-refractivity contribution in [3.63, 3.8) is 0 Å². The van der Waals surface area contributed by atoms with E-state index in [0.29, 0.717) is 0 Å². The fourth-order valence-electron chi connectivity index (χ4n) is 4.58. The first-order valence-corrected chi connectivity index (χ1v) is 11.5. The minimum Gasteiger partial charge on any atom is -0.480 e. The van der Waals surface area contributed by atoms with Crippen LogP contribution in [0.15, 0.2) is 72.8 Å². The predicted molar refractivity (Wildman–Crippen MR) is 134 cm³/mol. The van der Waals surface area contributed by atoms with Crippen molar-refractivity contribution in [2.45, 2.75) is 32.2 Å². The van der Waals surface area contributed by atoms with Crippen LogP contribution in [0.1, 0.15) is 48.2 Å². The first kappa shape index (κ1) is 24.0. The Kier molecular flexibility index (Phi) is 6.60. The Labute approximate surface area is 204 Å². The minimum absolute atomic E-state index is 0.0861. The van der Waals surface area contributed by atoms with Gasteiger partial charge in [-0.05, 0) is 55.2 Å². The maximum Gasteiger partial charge on any atom is 0.411 e. The van der Waals surface area contributed by atoms with Gasteiger partial charge in [0.25, 0.3) is 5.91 Å². The van der Waals surface area contributed by atoms with Crippen LogP contribution in [-0.4, -0.2) is 46.7 Å². The third-order valence-corrected chi connectivity index (χ3v) is 6.50. The van der Waals surface area contributed by atoms with Crippen LogP contribution in [0.5, 0.6) is 0 Å². The smallest absolute Gasteiger partial charge is 0.411 e.